The van der Waals surface area contributed by atoms with Crippen LogP contribution >= 0.6 is 15.9 Å². The van der Waals surface area contributed by atoms with Crippen LogP contribution in [0.4, 0.5) is 4.39 Å². The number of halogens is 2. The van der Waals surface area contributed by atoms with Crippen LogP contribution in [0.5, 0.6) is 5.75 Å². The van der Waals surface area contributed by atoms with Crippen LogP contribution in [0.2, 0.25) is 0 Å². The highest BCUT2D eigenvalue weighted by atomic mass is 79.9. The van der Waals surface area contributed by atoms with E-state index in [1.54, 1.807) is 12.1 Å². The highest BCUT2D eigenvalue weighted by molar-refractivity contribution is 9.10. The summed E-state index contributed by atoms with van der Waals surface area (Å²) in [5, 5.41) is 2.37. The molecule has 0 N–H and O–H groups in total. The Morgan fingerprint density at radius 2 is 1.75 bits per heavy atom. The fourth-order valence-corrected chi connectivity index (χ4v) is 2.50. The summed E-state index contributed by atoms with van der Waals surface area (Å²) in [6, 6.07) is 19.0. The molecule has 3 aromatic carbocycles. The average molecular weight is 331 g/mol. The lowest BCUT2D eigenvalue weighted by Gasteiger charge is -2.09. The Labute approximate surface area is 125 Å². The zero-order valence-electron chi connectivity index (χ0n) is 10.6. The van der Waals surface area contributed by atoms with Crippen LogP contribution in [-0.4, -0.2) is 0 Å². The van der Waals surface area contributed by atoms with E-state index in [4.69, 9.17) is 4.74 Å². The van der Waals surface area contributed by atoms with E-state index in [2.05, 4.69) is 34.1 Å². The van der Waals surface area contributed by atoms with Crippen molar-refractivity contribution in [3.8, 4) is 5.75 Å². The van der Waals surface area contributed by atoms with Gasteiger partial charge >= 0.3 is 0 Å². The first-order valence-corrected chi connectivity index (χ1v) is 7.08. The van der Waals surface area contributed by atoms with Crippen LogP contribution in [0.25, 0.3) is 10.8 Å². The summed E-state index contributed by atoms with van der Waals surface area (Å²) in [7, 11) is 0. The molecule has 3 heteroatoms. The number of benzene rings is 3. The first-order chi connectivity index (χ1) is 9.74. The number of hydrogen-bond acceptors (Lipinski definition) is 1. The van der Waals surface area contributed by atoms with E-state index in [0.29, 0.717) is 16.8 Å². The van der Waals surface area contributed by atoms with Gasteiger partial charge in [-0.25, -0.2) is 4.39 Å². The maximum absolute atomic E-state index is 13.2. The Morgan fingerprint density at radius 3 is 2.60 bits per heavy atom. The predicted octanol–water partition coefficient (Wildman–Crippen LogP) is 5.32. The first kappa shape index (κ1) is 13.1. The van der Waals surface area contributed by atoms with Crippen molar-refractivity contribution >= 4 is 26.7 Å². The zero-order chi connectivity index (χ0) is 13.9. The average Bonchev–Trinajstić information content (AvgIpc) is 2.48. The minimum Gasteiger partial charge on any atom is -0.489 e. The van der Waals surface area contributed by atoms with Crippen LogP contribution in [-0.2, 0) is 6.61 Å². The smallest absolute Gasteiger partial charge is 0.137 e. The maximum atomic E-state index is 13.2. The van der Waals surface area contributed by atoms with Crippen LogP contribution in [0.1, 0.15) is 5.56 Å². The molecule has 100 valence electrons. The van der Waals surface area contributed by atoms with Gasteiger partial charge in [0.1, 0.15) is 18.2 Å². The summed E-state index contributed by atoms with van der Waals surface area (Å²) in [5.74, 6) is 0.355. The van der Waals surface area contributed by atoms with Crippen molar-refractivity contribution in [2.75, 3.05) is 0 Å². The van der Waals surface area contributed by atoms with Crippen molar-refractivity contribution in [3.63, 3.8) is 0 Å². The van der Waals surface area contributed by atoms with Gasteiger partial charge in [-0.1, -0.05) is 42.5 Å². The molecule has 0 aliphatic rings. The fourth-order valence-electron chi connectivity index (χ4n) is 2.15. The standard InChI is InChI=1S/C17H12BrFO/c18-16-10-14(8-9-17(16)19)20-11-13-6-3-5-12-4-1-2-7-15(12)13/h1-10H,11H2. The Hall–Kier alpha value is -1.87. The van der Waals surface area contributed by atoms with Crippen molar-refractivity contribution in [2.45, 2.75) is 6.61 Å². The second kappa shape index (κ2) is 5.63. The van der Waals surface area contributed by atoms with Crippen molar-refractivity contribution < 1.29 is 9.13 Å². The van der Waals surface area contributed by atoms with E-state index in [1.807, 2.05) is 24.3 Å². The molecule has 0 bridgehead atoms. The summed E-state index contributed by atoms with van der Waals surface area (Å²) in [6.07, 6.45) is 0. The summed E-state index contributed by atoms with van der Waals surface area (Å²) in [4.78, 5) is 0. The zero-order valence-corrected chi connectivity index (χ0v) is 12.2. The summed E-state index contributed by atoms with van der Waals surface area (Å²) in [6.45, 7) is 0.458. The third-order valence-corrected chi connectivity index (χ3v) is 3.77. The molecule has 20 heavy (non-hydrogen) atoms. The van der Waals surface area contributed by atoms with Gasteiger partial charge in [-0.3, -0.25) is 0 Å². The van der Waals surface area contributed by atoms with Crippen molar-refractivity contribution in [2.24, 2.45) is 0 Å². The maximum Gasteiger partial charge on any atom is 0.137 e. The van der Waals surface area contributed by atoms with E-state index in [0.717, 1.165) is 5.56 Å². The monoisotopic (exact) mass is 330 g/mol. The Bertz CT molecular complexity index is 750. The van der Waals surface area contributed by atoms with E-state index in [9.17, 15) is 4.39 Å². The lowest BCUT2D eigenvalue weighted by molar-refractivity contribution is 0.307. The van der Waals surface area contributed by atoms with Gasteiger partial charge in [0, 0.05) is 0 Å². The Kier molecular flexibility index (Phi) is 3.70. The molecule has 3 rings (SSSR count). The van der Waals surface area contributed by atoms with E-state index >= 15 is 0 Å². The van der Waals surface area contributed by atoms with Gasteiger partial charge in [0.05, 0.1) is 4.47 Å². The van der Waals surface area contributed by atoms with Gasteiger partial charge in [-0.2, -0.15) is 0 Å². The number of fused-ring (bicyclic) bond motifs is 1. The second-order valence-corrected chi connectivity index (χ2v) is 5.36. The van der Waals surface area contributed by atoms with E-state index < -0.39 is 0 Å². The second-order valence-electron chi connectivity index (χ2n) is 4.50. The topological polar surface area (TPSA) is 9.23 Å². The normalized spacial score (nSPS) is 10.7. The number of hydrogen-bond donors (Lipinski definition) is 0. The molecule has 0 aliphatic carbocycles. The minimum atomic E-state index is -0.289. The lowest BCUT2D eigenvalue weighted by atomic mass is 10.1. The molecule has 0 unspecified atom stereocenters. The molecule has 0 saturated carbocycles. The van der Waals surface area contributed by atoms with Gasteiger partial charge in [-0.15, -0.1) is 0 Å². The van der Waals surface area contributed by atoms with Gasteiger partial charge in [0.15, 0.2) is 0 Å². The molecule has 0 saturated heterocycles. The molecule has 0 heterocycles. The Balaban J connectivity index is 1.85. The van der Waals surface area contributed by atoms with Crippen molar-refractivity contribution in [1.29, 1.82) is 0 Å². The van der Waals surface area contributed by atoms with Crippen molar-refractivity contribution in [1.82, 2.24) is 0 Å². The quantitative estimate of drug-likeness (QED) is 0.631. The lowest BCUT2D eigenvalue weighted by Crippen LogP contribution is -1.96. The molecule has 0 radical (unpaired) electrons. The SMILES string of the molecule is Fc1ccc(OCc2cccc3ccccc23)cc1Br. The molecule has 0 atom stereocenters. The fraction of sp³-hybridized carbons (Fsp3) is 0.0588. The van der Waals surface area contributed by atoms with Crippen LogP contribution < -0.4 is 4.74 Å². The summed E-state index contributed by atoms with van der Waals surface area (Å²) in [5.41, 5.74) is 1.11. The van der Waals surface area contributed by atoms with Gasteiger partial charge in [0.2, 0.25) is 0 Å². The number of rotatable bonds is 3. The van der Waals surface area contributed by atoms with Gasteiger partial charge in [-0.05, 0) is 50.5 Å². The molecule has 3 aromatic rings. The number of ether oxygens (including phenoxy) is 1. The van der Waals surface area contributed by atoms with Gasteiger partial charge in [0.25, 0.3) is 0 Å². The molecule has 0 fully saturated rings. The molecule has 0 aromatic heterocycles. The molecule has 0 spiro atoms. The largest absolute Gasteiger partial charge is 0.489 e. The third-order valence-electron chi connectivity index (χ3n) is 3.17. The van der Waals surface area contributed by atoms with Crippen LogP contribution in [0.3, 0.4) is 0 Å². The Morgan fingerprint density at radius 1 is 0.950 bits per heavy atom. The summed E-state index contributed by atoms with van der Waals surface area (Å²) >= 11 is 3.16. The van der Waals surface area contributed by atoms with Crippen LogP contribution in [0, 0.1) is 5.82 Å². The highest BCUT2D eigenvalue weighted by Crippen LogP contribution is 2.24. The molecule has 1 nitrogen and oxygen atoms in total. The highest BCUT2D eigenvalue weighted by Gasteiger charge is 2.04. The van der Waals surface area contributed by atoms with Crippen molar-refractivity contribution in [3.05, 3.63) is 76.5 Å². The third kappa shape index (κ3) is 2.68. The molecular formula is C17H12BrFO. The van der Waals surface area contributed by atoms with E-state index in [-0.39, 0.29) is 5.82 Å². The predicted molar refractivity (Wildman–Crippen MR) is 82.4 cm³/mol. The first-order valence-electron chi connectivity index (χ1n) is 6.28. The van der Waals surface area contributed by atoms with Crippen LogP contribution in [0.15, 0.2) is 65.1 Å². The molecule has 0 aliphatic heterocycles. The van der Waals surface area contributed by atoms with E-state index in [1.165, 1.54) is 16.8 Å². The minimum absolute atomic E-state index is 0.289. The summed E-state index contributed by atoms with van der Waals surface area (Å²) < 4.78 is 19.3. The molecule has 0 amide bonds. The molecular weight excluding hydrogens is 319 g/mol. The van der Waals surface area contributed by atoms with Gasteiger partial charge < -0.3 is 4.74 Å².